The van der Waals surface area contributed by atoms with Crippen molar-refractivity contribution in [3.63, 3.8) is 0 Å². The quantitative estimate of drug-likeness (QED) is 0.728. The maximum Gasteiger partial charge on any atom is 0.188 e. The van der Waals surface area contributed by atoms with Gasteiger partial charge in [0.25, 0.3) is 0 Å². The number of thioether (sulfide) groups is 1. The lowest BCUT2D eigenvalue weighted by atomic mass is 10.4. The Hall–Kier alpha value is -0.620. The van der Waals surface area contributed by atoms with E-state index in [2.05, 4.69) is 9.97 Å². The molecule has 1 aliphatic heterocycles. The molecule has 0 N–H and O–H groups in total. The molecule has 1 fully saturated rings. The number of sulfone groups is 1. The largest absolute Gasteiger partial charge is 0.231 e. The highest BCUT2D eigenvalue weighted by atomic mass is 32.2. The van der Waals surface area contributed by atoms with Crippen molar-refractivity contribution in [2.24, 2.45) is 0 Å². The molecule has 6 heteroatoms. The Morgan fingerprint density at radius 2 is 2.33 bits per heavy atom. The molecule has 1 atom stereocenters. The van der Waals surface area contributed by atoms with Crippen molar-refractivity contribution in [3.8, 4) is 0 Å². The van der Waals surface area contributed by atoms with Gasteiger partial charge in [-0.15, -0.1) is 0 Å². The molecule has 0 radical (unpaired) electrons. The highest BCUT2D eigenvalue weighted by molar-refractivity contribution is 8.01. The molecule has 0 spiro atoms. The Kier molecular flexibility index (Phi) is 2.97. The Morgan fingerprint density at radius 1 is 1.53 bits per heavy atom. The zero-order chi connectivity index (χ0) is 10.9. The number of aryl methyl sites for hydroxylation is 1. The van der Waals surface area contributed by atoms with Gasteiger partial charge in [-0.1, -0.05) is 11.8 Å². The molecule has 4 nitrogen and oxygen atoms in total. The summed E-state index contributed by atoms with van der Waals surface area (Å²) in [5.41, 5.74) is 0.911. The summed E-state index contributed by atoms with van der Waals surface area (Å²) in [6, 6.07) is 1.83. The van der Waals surface area contributed by atoms with E-state index in [0.29, 0.717) is 17.3 Å². The third-order valence-corrected chi connectivity index (χ3v) is 5.36. The van der Waals surface area contributed by atoms with Gasteiger partial charge in [-0.2, -0.15) is 0 Å². The fourth-order valence-corrected chi connectivity index (χ4v) is 4.92. The van der Waals surface area contributed by atoms with Crippen molar-refractivity contribution in [2.75, 3.05) is 11.5 Å². The monoisotopic (exact) mass is 244 g/mol. The van der Waals surface area contributed by atoms with Crippen LogP contribution < -0.4 is 0 Å². The smallest absolute Gasteiger partial charge is 0.188 e. The van der Waals surface area contributed by atoms with Gasteiger partial charge in [0, 0.05) is 17.1 Å². The summed E-state index contributed by atoms with van der Waals surface area (Å²) in [5, 5.41) is 0.800. The first-order chi connectivity index (χ1) is 7.05. The van der Waals surface area contributed by atoms with Crippen molar-refractivity contribution in [3.05, 3.63) is 18.0 Å². The predicted molar refractivity (Wildman–Crippen MR) is 59.7 cm³/mol. The van der Waals surface area contributed by atoms with Crippen molar-refractivity contribution in [1.29, 1.82) is 0 Å². The second-order valence-corrected chi connectivity index (χ2v) is 7.12. The van der Waals surface area contributed by atoms with Gasteiger partial charge >= 0.3 is 0 Å². The van der Waals surface area contributed by atoms with E-state index in [1.807, 2.05) is 13.0 Å². The van der Waals surface area contributed by atoms with E-state index in [9.17, 15) is 8.42 Å². The topological polar surface area (TPSA) is 59.9 Å². The minimum atomic E-state index is -2.80. The lowest BCUT2D eigenvalue weighted by molar-refractivity contribution is 0.602. The molecule has 0 unspecified atom stereocenters. The van der Waals surface area contributed by atoms with Gasteiger partial charge in [0.2, 0.25) is 0 Å². The Bertz CT molecular complexity index is 459. The zero-order valence-corrected chi connectivity index (χ0v) is 10.0. The van der Waals surface area contributed by atoms with Crippen LogP contribution in [0.3, 0.4) is 0 Å². The molecular weight excluding hydrogens is 232 g/mol. The van der Waals surface area contributed by atoms with Gasteiger partial charge in [0.1, 0.15) is 0 Å². The van der Waals surface area contributed by atoms with Crippen LogP contribution >= 0.6 is 11.8 Å². The van der Waals surface area contributed by atoms with E-state index in [4.69, 9.17) is 0 Å². The third kappa shape index (κ3) is 2.92. The minimum Gasteiger partial charge on any atom is -0.231 e. The van der Waals surface area contributed by atoms with Gasteiger partial charge in [0.05, 0.1) is 11.5 Å². The van der Waals surface area contributed by atoms with Gasteiger partial charge < -0.3 is 0 Å². The average molecular weight is 244 g/mol. The number of hydrogen-bond donors (Lipinski definition) is 0. The molecule has 1 aliphatic rings. The first-order valence-corrected chi connectivity index (χ1v) is 7.42. The highest BCUT2D eigenvalue weighted by Crippen LogP contribution is 2.28. The summed E-state index contributed by atoms with van der Waals surface area (Å²) in [5.74, 6) is 0.561. The number of nitrogens with zero attached hydrogens (tertiary/aromatic N) is 2. The second kappa shape index (κ2) is 4.09. The summed E-state index contributed by atoms with van der Waals surface area (Å²) in [7, 11) is -2.80. The van der Waals surface area contributed by atoms with E-state index in [1.54, 1.807) is 6.20 Å². The number of rotatable bonds is 2. The number of hydrogen-bond acceptors (Lipinski definition) is 5. The molecule has 1 aromatic heterocycles. The first-order valence-electron chi connectivity index (χ1n) is 4.72. The van der Waals surface area contributed by atoms with Crippen molar-refractivity contribution in [2.45, 2.75) is 23.8 Å². The first kappa shape index (κ1) is 10.9. The summed E-state index contributed by atoms with van der Waals surface area (Å²) in [4.78, 5) is 8.35. The van der Waals surface area contributed by atoms with E-state index >= 15 is 0 Å². The Balaban J connectivity index is 2.05. The third-order valence-electron chi connectivity index (χ3n) is 2.24. The molecule has 0 saturated carbocycles. The molecule has 1 aromatic rings. The molecule has 82 valence electrons. The summed E-state index contributed by atoms with van der Waals surface area (Å²) in [6.07, 6.45) is 2.42. The SMILES string of the molecule is Cc1ccnc(S[C@H]2CCS(=O)(=O)C2)n1. The van der Waals surface area contributed by atoms with E-state index in [-0.39, 0.29) is 11.0 Å². The van der Waals surface area contributed by atoms with Crippen LogP contribution in [0.5, 0.6) is 0 Å². The summed E-state index contributed by atoms with van der Waals surface area (Å²) in [6.45, 7) is 1.90. The van der Waals surface area contributed by atoms with Crippen LogP contribution in [0.15, 0.2) is 17.4 Å². The minimum absolute atomic E-state index is 0.122. The van der Waals surface area contributed by atoms with E-state index in [1.165, 1.54) is 11.8 Å². The van der Waals surface area contributed by atoms with Gasteiger partial charge in [-0.3, -0.25) is 0 Å². The standard InChI is InChI=1S/C9H12N2O2S2/c1-7-2-4-10-9(11-7)14-8-3-5-15(12,13)6-8/h2,4,8H,3,5-6H2,1H3/t8-/m0/s1. The van der Waals surface area contributed by atoms with Crippen LogP contribution in [0.25, 0.3) is 0 Å². The fourth-order valence-electron chi connectivity index (χ4n) is 1.49. The molecule has 0 aromatic carbocycles. The van der Waals surface area contributed by atoms with Crippen LogP contribution in [-0.2, 0) is 9.84 Å². The fraction of sp³-hybridized carbons (Fsp3) is 0.556. The van der Waals surface area contributed by atoms with Crippen LogP contribution in [0.1, 0.15) is 12.1 Å². The molecule has 2 heterocycles. The van der Waals surface area contributed by atoms with Crippen LogP contribution in [0.4, 0.5) is 0 Å². The second-order valence-electron chi connectivity index (χ2n) is 3.62. The van der Waals surface area contributed by atoms with Crippen LogP contribution in [0, 0.1) is 6.92 Å². The van der Waals surface area contributed by atoms with Crippen molar-refractivity contribution in [1.82, 2.24) is 9.97 Å². The van der Waals surface area contributed by atoms with E-state index < -0.39 is 9.84 Å². The molecular formula is C9H12N2O2S2. The van der Waals surface area contributed by atoms with Crippen molar-refractivity contribution < 1.29 is 8.42 Å². The predicted octanol–water partition coefficient (Wildman–Crippen LogP) is 1.06. The molecule has 2 rings (SSSR count). The van der Waals surface area contributed by atoms with Gasteiger partial charge in [-0.05, 0) is 19.4 Å². The Labute approximate surface area is 93.4 Å². The number of aromatic nitrogens is 2. The zero-order valence-electron chi connectivity index (χ0n) is 8.38. The summed E-state index contributed by atoms with van der Waals surface area (Å²) < 4.78 is 22.5. The highest BCUT2D eigenvalue weighted by Gasteiger charge is 2.29. The van der Waals surface area contributed by atoms with Gasteiger partial charge in [-0.25, -0.2) is 18.4 Å². The molecule has 1 saturated heterocycles. The summed E-state index contributed by atoms with van der Waals surface area (Å²) >= 11 is 1.47. The maximum absolute atomic E-state index is 11.2. The maximum atomic E-state index is 11.2. The molecule has 0 amide bonds. The van der Waals surface area contributed by atoms with Crippen LogP contribution in [0.2, 0.25) is 0 Å². The lowest BCUT2D eigenvalue weighted by Crippen LogP contribution is -2.07. The van der Waals surface area contributed by atoms with Gasteiger partial charge in [0.15, 0.2) is 15.0 Å². The van der Waals surface area contributed by atoms with Crippen LogP contribution in [-0.4, -0.2) is 35.1 Å². The van der Waals surface area contributed by atoms with E-state index in [0.717, 1.165) is 5.69 Å². The molecule has 0 aliphatic carbocycles. The normalized spacial score (nSPS) is 24.2. The Morgan fingerprint density at radius 3 is 2.93 bits per heavy atom. The molecule has 0 bridgehead atoms. The van der Waals surface area contributed by atoms with Crippen molar-refractivity contribution >= 4 is 21.6 Å². The molecule has 15 heavy (non-hydrogen) atoms. The lowest BCUT2D eigenvalue weighted by Gasteiger charge is -2.05. The average Bonchev–Trinajstić information content (AvgIpc) is 2.45.